The Morgan fingerprint density at radius 2 is 2.18 bits per heavy atom. The summed E-state index contributed by atoms with van der Waals surface area (Å²) in [6.07, 6.45) is 4.24. The Morgan fingerprint density at radius 3 is 2.45 bits per heavy atom. The fraction of sp³-hybridized carbons (Fsp3) is 0.857. The molecule has 1 aliphatic rings. The van der Waals surface area contributed by atoms with Crippen molar-refractivity contribution in [2.75, 3.05) is 0 Å². The maximum absolute atomic E-state index is 10.2. The van der Waals surface area contributed by atoms with E-state index in [0.717, 1.165) is 0 Å². The highest BCUT2D eigenvalue weighted by Crippen LogP contribution is 2.29. The van der Waals surface area contributed by atoms with Crippen molar-refractivity contribution >= 4 is 18.4 Å². The molecule has 0 amide bonds. The number of carboxylic acids is 1. The standard InChI is InChI=1S/C7H13NO2.ClH/c8-6(7(9)10)4-5-2-1-3-5;/h5-6H,1-4,8H2,(H,9,10);1H. The fourth-order valence-corrected chi connectivity index (χ4v) is 1.19. The highest BCUT2D eigenvalue weighted by atomic mass is 35.5. The molecule has 0 bridgehead atoms. The predicted octanol–water partition coefficient (Wildman–Crippen LogP) is 1.01. The largest absolute Gasteiger partial charge is 0.480 e. The van der Waals surface area contributed by atoms with Crippen LogP contribution >= 0.6 is 12.4 Å². The summed E-state index contributed by atoms with van der Waals surface area (Å²) >= 11 is 0. The van der Waals surface area contributed by atoms with Crippen molar-refractivity contribution < 1.29 is 9.90 Å². The predicted molar refractivity (Wildman–Crippen MR) is 44.8 cm³/mol. The monoisotopic (exact) mass is 179 g/mol. The Kier molecular flexibility index (Phi) is 4.45. The second kappa shape index (κ2) is 4.57. The van der Waals surface area contributed by atoms with Crippen molar-refractivity contribution in [3.63, 3.8) is 0 Å². The molecule has 0 aromatic rings. The highest BCUT2D eigenvalue weighted by molar-refractivity contribution is 5.85. The topological polar surface area (TPSA) is 63.3 Å². The Labute approximate surface area is 72.4 Å². The first kappa shape index (κ1) is 10.7. The molecule has 3 nitrogen and oxygen atoms in total. The second-order valence-electron chi connectivity index (χ2n) is 2.98. The van der Waals surface area contributed by atoms with Gasteiger partial charge in [0.2, 0.25) is 0 Å². The first-order valence-corrected chi connectivity index (χ1v) is 3.68. The molecule has 0 spiro atoms. The van der Waals surface area contributed by atoms with Gasteiger partial charge in [-0.3, -0.25) is 4.79 Å². The molecule has 11 heavy (non-hydrogen) atoms. The van der Waals surface area contributed by atoms with E-state index < -0.39 is 12.0 Å². The third kappa shape index (κ3) is 3.08. The number of hydrogen-bond donors (Lipinski definition) is 2. The Morgan fingerprint density at radius 1 is 1.64 bits per heavy atom. The molecule has 0 heterocycles. The van der Waals surface area contributed by atoms with Gasteiger partial charge in [0.25, 0.3) is 0 Å². The van der Waals surface area contributed by atoms with E-state index in [0.29, 0.717) is 12.3 Å². The van der Waals surface area contributed by atoms with Gasteiger partial charge in [-0.05, 0) is 12.3 Å². The van der Waals surface area contributed by atoms with Gasteiger partial charge in [0.05, 0.1) is 0 Å². The molecular formula is C7H14ClNO2. The summed E-state index contributed by atoms with van der Waals surface area (Å²) < 4.78 is 0. The number of halogens is 1. The molecule has 1 rings (SSSR count). The normalized spacial score (nSPS) is 19.7. The molecular weight excluding hydrogens is 166 g/mol. The fourth-order valence-electron chi connectivity index (χ4n) is 1.19. The Balaban J connectivity index is 0.000001000. The molecule has 0 aromatic heterocycles. The number of carboxylic acid groups (broad SMARTS) is 1. The van der Waals surface area contributed by atoms with Gasteiger partial charge in [0.1, 0.15) is 6.04 Å². The van der Waals surface area contributed by atoms with Gasteiger partial charge >= 0.3 is 5.97 Å². The average Bonchev–Trinajstić information content (AvgIpc) is 1.77. The third-order valence-corrected chi connectivity index (χ3v) is 2.13. The van der Waals surface area contributed by atoms with Crippen LogP contribution in [0.1, 0.15) is 25.7 Å². The minimum atomic E-state index is -0.869. The Bertz CT molecular complexity index is 136. The summed E-state index contributed by atoms with van der Waals surface area (Å²) in [4.78, 5) is 10.2. The summed E-state index contributed by atoms with van der Waals surface area (Å²) in [5.74, 6) is -0.280. The zero-order chi connectivity index (χ0) is 7.56. The van der Waals surface area contributed by atoms with Gasteiger partial charge in [0.15, 0.2) is 0 Å². The summed E-state index contributed by atoms with van der Waals surface area (Å²) in [7, 11) is 0. The maximum atomic E-state index is 10.2. The molecule has 1 fully saturated rings. The quantitative estimate of drug-likeness (QED) is 0.680. The molecule has 3 N–H and O–H groups in total. The number of carbonyl (C=O) groups is 1. The highest BCUT2D eigenvalue weighted by Gasteiger charge is 2.23. The number of hydrogen-bond acceptors (Lipinski definition) is 2. The molecule has 1 saturated carbocycles. The van der Waals surface area contributed by atoms with Gasteiger partial charge in [0, 0.05) is 0 Å². The first-order valence-electron chi connectivity index (χ1n) is 3.68. The van der Waals surface area contributed by atoms with Crippen molar-refractivity contribution in [1.29, 1.82) is 0 Å². The number of aliphatic carboxylic acids is 1. The summed E-state index contributed by atoms with van der Waals surface area (Å²) in [5.41, 5.74) is 5.33. The minimum Gasteiger partial charge on any atom is -0.480 e. The van der Waals surface area contributed by atoms with Gasteiger partial charge in [-0.2, -0.15) is 0 Å². The van der Waals surface area contributed by atoms with Crippen molar-refractivity contribution in [1.82, 2.24) is 0 Å². The van der Waals surface area contributed by atoms with Gasteiger partial charge in [-0.25, -0.2) is 0 Å². The average molecular weight is 180 g/mol. The molecule has 0 aliphatic heterocycles. The van der Waals surface area contributed by atoms with Crippen LogP contribution < -0.4 is 5.73 Å². The van der Waals surface area contributed by atoms with Crippen LogP contribution in [0.3, 0.4) is 0 Å². The molecule has 0 saturated heterocycles. The van der Waals surface area contributed by atoms with Crippen LogP contribution in [0.2, 0.25) is 0 Å². The Hall–Kier alpha value is -0.280. The van der Waals surface area contributed by atoms with E-state index in [1.807, 2.05) is 0 Å². The molecule has 66 valence electrons. The van der Waals surface area contributed by atoms with E-state index in [4.69, 9.17) is 10.8 Å². The SMILES string of the molecule is Cl.NC(CC1CCC1)C(=O)O. The lowest BCUT2D eigenvalue weighted by molar-refractivity contribution is -0.139. The van der Waals surface area contributed by atoms with Crippen LogP contribution in [0.25, 0.3) is 0 Å². The third-order valence-electron chi connectivity index (χ3n) is 2.13. The molecule has 4 heteroatoms. The van der Waals surface area contributed by atoms with Gasteiger partial charge in [-0.15, -0.1) is 12.4 Å². The summed E-state index contributed by atoms with van der Waals surface area (Å²) in [6.45, 7) is 0. The van der Waals surface area contributed by atoms with Crippen molar-refractivity contribution in [3.05, 3.63) is 0 Å². The maximum Gasteiger partial charge on any atom is 0.320 e. The zero-order valence-electron chi connectivity index (χ0n) is 6.32. The lowest BCUT2D eigenvalue weighted by Gasteiger charge is -2.26. The smallest absolute Gasteiger partial charge is 0.320 e. The zero-order valence-corrected chi connectivity index (χ0v) is 7.14. The van der Waals surface area contributed by atoms with Crippen molar-refractivity contribution in [2.45, 2.75) is 31.7 Å². The molecule has 1 unspecified atom stereocenters. The van der Waals surface area contributed by atoms with Crippen LogP contribution in [0, 0.1) is 5.92 Å². The summed E-state index contributed by atoms with van der Waals surface area (Å²) in [6, 6.07) is -0.634. The molecule has 1 aliphatic carbocycles. The van der Waals surface area contributed by atoms with E-state index in [1.165, 1.54) is 19.3 Å². The van der Waals surface area contributed by atoms with E-state index in [2.05, 4.69) is 0 Å². The van der Waals surface area contributed by atoms with Gasteiger partial charge < -0.3 is 10.8 Å². The lowest BCUT2D eigenvalue weighted by Crippen LogP contribution is -2.33. The summed E-state index contributed by atoms with van der Waals surface area (Å²) in [5, 5.41) is 8.43. The van der Waals surface area contributed by atoms with Crippen LogP contribution in [-0.2, 0) is 4.79 Å². The van der Waals surface area contributed by atoms with Crippen molar-refractivity contribution in [2.24, 2.45) is 11.7 Å². The molecule has 0 radical (unpaired) electrons. The van der Waals surface area contributed by atoms with E-state index in [9.17, 15) is 4.79 Å². The van der Waals surface area contributed by atoms with Crippen LogP contribution in [0.4, 0.5) is 0 Å². The first-order chi connectivity index (χ1) is 4.70. The van der Waals surface area contributed by atoms with Crippen LogP contribution in [-0.4, -0.2) is 17.1 Å². The van der Waals surface area contributed by atoms with E-state index in [1.54, 1.807) is 0 Å². The lowest BCUT2D eigenvalue weighted by atomic mass is 9.81. The second-order valence-corrected chi connectivity index (χ2v) is 2.98. The van der Waals surface area contributed by atoms with Gasteiger partial charge in [-0.1, -0.05) is 19.3 Å². The molecule has 1 atom stereocenters. The van der Waals surface area contributed by atoms with Crippen LogP contribution in [0.15, 0.2) is 0 Å². The van der Waals surface area contributed by atoms with E-state index in [-0.39, 0.29) is 12.4 Å². The number of nitrogens with two attached hydrogens (primary N) is 1. The number of rotatable bonds is 3. The van der Waals surface area contributed by atoms with Crippen LogP contribution in [0.5, 0.6) is 0 Å². The minimum absolute atomic E-state index is 0. The van der Waals surface area contributed by atoms with E-state index >= 15 is 0 Å². The molecule has 0 aromatic carbocycles. The van der Waals surface area contributed by atoms with Crippen molar-refractivity contribution in [3.8, 4) is 0 Å².